The van der Waals surface area contributed by atoms with E-state index in [4.69, 9.17) is 4.74 Å². The van der Waals surface area contributed by atoms with E-state index < -0.39 is 11.5 Å². The van der Waals surface area contributed by atoms with Crippen molar-refractivity contribution in [3.8, 4) is 0 Å². The predicted octanol–water partition coefficient (Wildman–Crippen LogP) is 3.19. The second-order valence-corrected chi connectivity index (χ2v) is 9.67. The van der Waals surface area contributed by atoms with E-state index in [1.165, 1.54) is 0 Å². The third kappa shape index (κ3) is 2.47. The maximum Gasteiger partial charge on any atom is 0.142 e. The molecule has 0 aromatic carbocycles. The zero-order valence-corrected chi connectivity index (χ0v) is 16.5. The minimum atomic E-state index is -0.644. The Morgan fingerprint density at radius 2 is 1.84 bits per heavy atom. The highest BCUT2D eigenvalue weighted by molar-refractivity contribution is 5.87. The van der Waals surface area contributed by atoms with Crippen molar-refractivity contribution in [2.24, 2.45) is 34.0 Å². The minimum Gasteiger partial charge on any atom is -0.396 e. The molecule has 0 aliphatic heterocycles. The second-order valence-electron chi connectivity index (χ2n) is 9.67. The summed E-state index contributed by atoms with van der Waals surface area (Å²) in [4.78, 5) is 13.5. The predicted molar refractivity (Wildman–Crippen MR) is 97.1 cm³/mol. The van der Waals surface area contributed by atoms with Crippen LogP contribution >= 0.6 is 0 Å². The number of Topliss-reactive ketones (excluding diaryl/α,β-unsaturated/α-hetero) is 1. The Morgan fingerprint density at radius 1 is 1.20 bits per heavy atom. The van der Waals surface area contributed by atoms with Crippen LogP contribution in [0.25, 0.3) is 0 Å². The molecule has 3 aliphatic carbocycles. The number of methoxy groups -OCH3 is 1. The van der Waals surface area contributed by atoms with E-state index in [2.05, 4.69) is 20.8 Å². The summed E-state index contributed by atoms with van der Waals surface area (Å²) >= 11 is 0. The molecule has 2 N–H and O–H groups in total. The number of hydrogen-bond donors (Lipinski definition) is 2. The Morgan fingerprint density at radius 3 is 2.44 bits per heavy atom. The Kier molecular flexibility index (Phi) is 4.88. The average Bonchev–Trinajstić information content (AvgIpc) is 2.97. The van der Waals surface area contributed by atoms with Gasteiger partial charge in [0, 0.05) is 30.5 Å². The minimum absolute atomic E-state index is 0.00886. The van der Waals surface area contributed by atoms with Crippen LogP contribution in [0.2, 0.25) is 0 Å². The lowest BCUT2D eigenvalue weighted by Crippen LogP contribution is -2.62. The van der Waals surface area contributed by atoms with Crippen molar-refractivity contribution in [3.63, 3.8) is 0 Å². The molecule has 0 aromatic rings. The number of ketones is 1. The van der Waals surface area contributed by atoms with Gasteiger partial charge in [-0.3, -0.25) is 4.79 Å². The highest BCUT2D eigenvalue weighted by Crippen LogP contribution is 2.68. The Balaban J connectivity index is 2.16. The van der Waals surface area contributed by atoms with Gasteiger partial charge in [-0.1, -0.05) is 27.7 Å². The van der Waals surface area contributed by atoms with Gasteiger partial charge in [-0.25, -0.2) is 0 Å². The molecule has 3 fully saturated rings. The van der Waals surface area contributed by atoms with Gasteiger partial charge in [-0.2, -0.15) is 0 Å². The Bertz CT molecular complexity index is 534. The van der Waals surface area contributed by atoms with Crippen molar-refractivity contribution < 1.29 is 19.7 Å². The van der Waals surface area contributed by atoms with Gasteiger partial charge < -0.3 is 14.9 Å². The molecule has 0 spiro atoms. The molecule has 0 radical (unpaired) electrons. The van der Waals surface area contributed by atoms with E-state index in [1.807, 2.05) is 6.92 Å². The lowest BCUT2D eigenvalue weighted by molar-refractivity contribution is -0.192. The molecule has 2 bridgehead atoms. The van der Waals surface area contributed by atoms with E-state index in [0.717, 1.165) is 25.7 Å². The van der Waals surface area contributed by atoms with Crippen LogP contribution in [0.5, 0.6) is 0 Å². The monoisotopic (exact) mass is 352 g/mol. The average molecular weight is 353 g/mol. The fourth-order valence-electron chi connectivity index (χ4n) is 7.00. The van der Waals surface area contributed by atoms with E-state index in [1.54, 1.807) is 7.11 Å². The molecular formula is C21H36O4. The first-order chi connectivity index (χ1) is 11.7. The second kappa shape index (κ2) is 6.31. The number of hydrogen-bond acceptors (Lipinski definition) is 4. The summed E-state index contributed by atoms with van der Waals surface area (Å²) in [6.45, 7) is 8.55. The first-order valence-electron chi connectivity index (χ1n) is 10.0. The molecule has 3 rings (SSSR count). The molecule has 0 amide bonds. The van der Waals surface area contributed by atoms with Gasteiger partial charge in [0.15, 0.2) is 0 Å². The van der Waals surface area contributed by atoms with Crippen molar-refractivity contribution in [1.29, 1.82) is 0 Å². The first kappa shape index (κ1) is 19.3. The lowest BCUT2D eigenvalue weighted by atomic mass is 9.44. The largest absolute Gasteiger partial charge is 0.396 e. The highest BCUT2D eigenvalue weighted by atomic mass is 16.5. The van der Waals surface area contributed by atoms with Crippen LogP contribution in [-0.4, -0.2) is 41.9 Å². The van der Waals surface area contributed by atoms with Crippen molar-refractivity contribution in [2.45, 2.75) is 78.4 Å². The molecule has 4 nitrogen and oxygen atoms in total. The topological polar surface area (TPSA) is 66.8 Å². The number of carbonyl (C=O) groups is 1. The van der Waals surface area contributed by atoms with Gasteiger partial charge in [-0.15, -0.1) is 0 Å². The van der Waals surface area contributed by atoms with Crippen LogP contribution in [-0.2, 0) is 9.53 Å². The molecule has 0 aromatic heterocycles. The fraction of sp³-hybridized carbons (Fsp3) is 0.952. The van der Waals surface area contributed by atoms with E-state index in [-0.39, 0.29) is 41.2 Å². The van der Waals surface area contributed by atoms with Gasteiger partial charge in [-0.05, 0) is 55.8 Å². The van der Waals surface area contributed by atoms with E-state index >= 15 is 0 Å². The van der Waals surface area contributed by atoms with E-state index in [9.17, 15) is 15.0 Å². The maximum absolute atomic E-state index is 13.5. The molecule has 0 heterocycles. The molecule has 3 saturated carbocycles. The first-order valence-corrected chi connectivity index (χ1v) is 10.0. The smallest absolute Gasteiger partial charge is 0.142 e. The molecule has 3 aliphatic rings. The summed E-state index contributed by atoms with van der Waals surface area (Å²) < 4.78 is 5.89. The number of rotatable bonds is 3. The number of carbonyl (C=O) groups excluding carboxylic acids is 1. The van der Waals surface area contributed by atoms with Crippen LogP contribution in [0.4, 0.5) is 0 Å². The molecule has 144 valence electrons. The summed E-state index contributed by atoms with van der Waals surface area (Å²) in [6, 6.07) is 0. The molecule has 0 saturated heterocycles. The summed E-state index contributed by atoms with van der Waals surface area (Å²) in [5, 5.41) is 21.0. The number of aliphatic hydroxyl groups excluding tert-OH is 2. The molecule has 3 unspecified atom stereocenters. The quantitative estimate of drug-likeness (QED) is 0.818. The van der Waals surface area contributed by atoms with Gasteiger partial charge in [0.25, 0.3) is 0 Å². The molecule has 4 heteroatoms. The van der Waals surface area contributed by atoms with Crippen molar-refractivity contribution >= 4 is 5.78 Å². The van der Waals surface area contributed by atoms with Crippen LogP contribution in [0.1, 0.15) is 66.2 Å². The summed E-state index contributed by atoms with van der Waals surface area (Å²) in [6.07, 6.45) is 4.55. The van der Waals surface area contributed by atoms with Gasteiger partial charge in [0.05, 0.1) is 12.2 Å². The van der Waals surface area contributed by atoms with Crippen molar-refractivity contribution in [2.75, 3.05) is 13.7 Å². The third-order valence-corrected chi connectivity index (χ3v) is 8.84. The number of ether oxygens (including phenoxy) is 1. The van der Waals surface area contributed by atoms with Gasteiger partial charge in [0.2, 0.25) is 0 Å². The third-order valence-electron chi connectivity index (χ3n) is 8.84. The fourth-order valence-corrected chi connectivity index (χ4v) is 7.00. The standard InChI is InChI=1S/C21H36O4/c1-13-6-8-21-9-7-15(25-5)17(21)20(13,4)16(23)12-19(3,10-11-22)18(24)14(21)2/h13-17,22-23H,6-12H2,1-5H3/t13-,14+,15?,16-,17?,19-,20+,21?/m1/s1. The van der Waals surface area contributed by atoms with Crippen LogP contribution in [0.3, 0.4) is 0 Å². The molecular weight excluding hydrogens is 316 g/mol. The van der Waals surface area contributed by atoms with Crippen molar-refractivity contribution in [1.82, 2.24) is 0 Å². The molecule has 8 atom stereocenters. The van der Waals surface area contributed by atoms with Gasteiger partial charge in [0.1, 0.15) is 5.78 Å². The highest BCUT2D eigenvalue weighted by Gasteiger charge is 2.67. The maximum atomic E-state index is 13.5. The Hall–Kier alpha value is -0.450. The van der Waals surface area contributed by atoms with E-state index in [0.29, 0.717) is 18.8 Å². The summed E-state index contributed by atoms with van der Waals surface area (Å²) in [5.74, 6) is 0.809. The van der Waals surface area contributed by atoms with Crippen LogP contribution < -0.4 is 0 Å². The zero-order valence-electron chi connectivity index (χ0n) is 16.5. The lowest BCUT2D eigenvalue weighted by Gasteiger charge is -2.61. The summed E-state index contributed by atoms with van der Waals surface area (Å²) in [7, 11) is 1.78. The van der Waals surface area contributed by atoms with Gasteiger partial charge >= 0.3 is 0 Å². The SMILES string of the molecule is COC1CCC23CC[C@@H](C)[C@](C)(C12)[C@H](O)C[C@@](C)(CCO)C(=O)[C@@H]3C. The van der Waals surface area contributed by atoms with Crippen LogP contribution in [0.15, 0.2) is 0 Å². The zero-order chi connectivity index (χ0) is 18.6. The van der Waals surface area contributed by atoms with Crippen molar-refractivity contribution in [3.05, 3.63) is 0 Å². The van der Waals surface area contributed by atoms with Crippen LogP contribution in [0, 0.1) is 34.0 Å². The normalized spacial score (nSPS) is 53.2. The number of aliphatic hydroxyl groups is 2. The Labute approximate surface area is 152 Å². The summed E-state index contributed by atoms with van der Waals surface area (Å²) in [5.41, 5.74) is -0.965. The molecule has 25 heavy (non-hydrogen) atoms.